The number of rotatable bonds is 9. The highest BCUT2D eigenvalue weighted by molar-refractivity contribution is 9.10. The predicted octanol–water partition coefficient (Wildman–Crippen LogP) is 3.71. The molecule has 0 aliphatic heterocycles. The zero-order chi connectivity index (χ0) is 24.0. The second-order valence-corrected chi connectivity index (χ2v) is 9.43. The molecule has 0 unspecified atom stereocenters. The van der Waals surface area contributed by atoms with Crippen molar-refractivity contribution in [2.24, 2.45) is 5.10 Å². The smallest absolute Gasteiger partial charge is 0.264 e. The number of ether oxygens (including phenoxy) is 2. The summed E-state index contributed by atoms with van der Waals surface area (Å²) in [6, 6.07) is 14.1. The molecule has 0 aliphatic carbocycles. The average Bonchev–Trinajstić information content (AvgIpc) is 3.14. The molecular formula is C22H22BrN3O6S. The highest BCUT2D eigenvalue weighted by atomic mass is 79.9. The Morgan fingerprint density at radius 3 is 2.48 bits per heavy atom. The number of carbonyl (C=O) groups is 1. The molecule has 1 heterocycles. The summed E-state index contributed by atoms with van der Waals surface area (Å²) in [6.45, 7) is 1.23. The first-order valence-corrected chi connectivity index (χ1v) is 11.9. The van der Waals surface area contributed by atoms with Crippen LogP contribution in [-0.2, 0) is 14.8 Å². The highest BCUT2D eigenvalue weighted by Crippen LogP contribution is 2.35. The van der Waals surface area contributed by atoms with E-state index >= 15 is 0 Å². The quantitative estimate of drug-likeness (QED) is 0.330. The molecule has 0 spiro atoms. The number of hydrogen-bond donors (Lipinski definition) is 1. The number of sulfonamides is 1. The van der Waals surface area contributed by atoms with E-state index in [4.69, 9.17) is 13.9 Å². The minimum atomic E-state index is -4.11. The number of methoxy groups -OCH3 is 2. The normalized spacial score (nSPS) is 11.4. The molecule has 0 saturated heterocycles. The van der Waals surface area contributed by atoms with Gasteiger partial charge < -0.3 is 13.9 Å². The van der Waals surface area contributed by atoms with Crippen LogP contribution in [0.5, 0.6) is 11.5 Å². The van der Waals surface area contributed by atoms with Crippen molar-refractivity contribution in [2.75, 3.05) is 25.1 Å². The fraction of sp³-hybridized carbons (Fsp3) is 0.182. The Hall–Kier alpha value is -3.31. The van der Waals surface area contributed by atoms with E-state index in [1.807, 2.05) is 0 Å². The maximum Gasteiger partial charge on any atom is 0.264 e. The van der Waals surface area contributed by atoms with Crippen LogP contribution in [0.2, 0.25) is 0 Å². The minimum absolute atomic E-state index is 0.0232. The molecule has 0 fully saturated rings. The third-order valence-electron chi connectivity index (χ3n) is 4.53. The zero-order valence-corrected chi connectivity index (χ0v) is 20.5. The van der Waals surface area contributed by atoms with E-state index in [1.165, 1.54) is 44.7 Å². The third kappa shape index (κ3) is 5.74. The number of hydrogen-bond acceptors (Lipinski definition) is 7. The van der Waals surface area contributed by atoms with Gasteiger partial charge in [-0.2, -0.15) is 5.10 Å². The van der Waals surface area contributed by atoms with E-state index in [0.717, 1.165) is 8.78 Å². The van der Waals surface area contributed by atoms with Crippen LogP contribution in [0.4, 0.5) is 5.69 Å². The lowest BCUT2D eigenvalue weighted by atomic mass is 10.2. The summed E-state index contributed by atoms with van der Waals surface area (Å²) >= 11 is 3.33. The van der Waals surface area contributed by atoms with Crippen molar-refractivity contribution in [1.82, 2.24) is 5.43 Å². The van der Waals surface area contributed by atoms with Crippen molar-refractivity contribution >= 4 is 43.8 Å². The molecule has 9 nitrogen and oxygen atoms in total. The summed E-state index contributed by atoms with van der Waals surface area (Å²) in [6.07, 6.45) is 1.32. The molecule has 11 heteroatoms. The molecule has 0 atom stereocenters. The lowest BCUT2D eigenvalue weighted by Gasteiger charge is -2.25. The van der Waals surface area contributed by atoms with E-state index in [-0.39, 0.29) is 16.3 Å². The van der Waals surface area contributed by atoms with Crippen molar-refractivity contribution in [1.29, 1.82) is 0 Å². The van der Waals surface area contributed by atoms with Gasteiger partial charge in [0.25, 0.3) is 15.9 Å². The van der Waals surface area contributed by atoms with Crippen molar-refractivity contribution < 1.29 is 27.1 Å². The second kappa shape index (κ2) is 10.5. The maximum absolute atomic E-state index is 13.4. The molecule has 1 N–H and O–H groups in total. The van der Waals surface area contributed by atoms with Gasteiger partial charge >= 0.3 is 0 Å². The fourth-order valence-electron chi connectivity index (χ4n) is 2.89. The Kier molecular flexibility index (Phi) is 7.77. The summed E-state index contributed by atoms with van der Waals surface area (Å²) in [5, 5.41) is 3.86. The lowest BCUT2D eigenvalue weighted by molar-refractivity contribution is -0.119. The van der Waals surface area contributed by atoms with E-state index in [0.29, 0.717) is 17.3 Å². The monoisotopic (exact) mass is 535 g/mol. The van der Waals surface area contributed by atoms with Crippen LogP contribution in [-0.4, -0.2) is 41.3 Å². The van der Waals surface area contributed by atoms with E-state index in [1.54, 1.807) is 37.3 Å². The SMILES string of the molecule is COc1ccc(N(CC(=O)N/N=C\c2cc(Br)c(C)o2)S(=O)(=O)c2ccccc2)c(OC)c1. The standard InChI is InChI=1S/C22H22BrN3O6S/c1-15-19(23)11-17(32-15)13-24-25-22(27)14-26(33(28,29)18-7-5-4-6-8-18)20-10-9-16(30-2)12-21(20)31-3/h4-13H,14H2,1-3H3,(H,25,27)/b24-13-. The zero-order valence-electron chi connectivity index (χ0n) is 18.1. The van der Waals surface area contributed by atoms with Gasteiger partial charge in [-0.05, 0) is 47.1 Å². The molecule has 2 aromatic carbocycles. The van der Waals surface area contributed by atoms with Crippen molar-refractivity contribution in [3.63, 3.8) is 0 Å². The number of nitrogens with zero attached hydrogens (tertiary/aromatic N) is 2. The molecule has 33 heavy (non-hydrogen) atoms. The summed E-state index contributed by atoms with van der Waals surface area (Å²) in [5.74, 6) is 1.12. The Morgan fingerprint density at radius 1 is 1.15 bits per heavy atom. The molecule has 3 rings (SSSR count). The van der Waals surface area contributed by atoms with E-state index < -0.39 is 22.5 Å². The van der Waals surface area contributed by atoms with Gasteiger partial charge in [-0.15, -0.1) is 0 Å². The van der Waals surface area contributed by atoms with Crippen LogP contribution >= 0.6 is 15.9 Å². The largest absolute Gasteiger partial charge is 0.497 e. The number of furan rings is 1. The van der Waals surface area contributed by atoms with Crippen LogP contribution in [0.3, 0.4) is 0 Å². The number of halogens is 1. The van der Waals surface area contributed by atoms with Gasteiger partial charge in [0, 0.05) is 12.1 Å². The molecule has 0 aliphatic rings. The van der Waals surface area contributed by atoms with Gasteiger partial charge in [-0.1, -0.05) is 18.2 Å². The predicted molar refractivity (Wildman–Crippen MR) is 127 cm³/mol. The Morgan fingerprint density at radius 2 is 1.88 bits per heavy atom. The molecular weight excluding hydrogens is 514 g/mol. The molecule has 0 bridgehead atoms. The first-order valence-electron chi connectivity index (χ1n) is 9.64. The number of benzene rings is 2. The van der Waals surface area contributed by atoms with Crippen molar-refractivity contribution in [3.05, 3.63) is 70.6 Å². The van der Waals surface area contributed by atoms with Gasteiger partial charge in [-0.3, -0.25) is 9.10 Å². The average molecular weight is 536 g/mol. The van der Waals surface area contributed by atoms with E-state index in [2.05, 4.69) is 26.5 Å². The summed E-state index contributed by atoms with van der Waals surface area (Å²) < 4.78 is 44.6. The first kappa shape index (κ1) is 24.3. The first-order chi connectivity index (χ1) is 15.8. The number of aryl methyl sites for hydroxylation is 1. The van der Waals surface area contributed by atoms with E-state index in [9.17, 15) is 13.2 Å². The van der Waals surface area contributed by atoms with Crippen LogP contribution in [0.25, 0.3) is 0 Å². The maximum atomic E-state index is 13.4. The Labute approximate surface area is 200 Å². The van der Waals surface area contributed by atoms with Gasteiger partial charge in [0.1, 0.15) is 29.6 Å². The summed E-state index contributed by atoms with van der Waals surface area (Å²) in [5.41, 5.74) is 2.50. The molecule has 1 aromatic heterocycles. The molecule has 0 radical (unpaired) electrons. The van der Waals surface area contributed by atoms with Crippen molar-refractivity contribution in [2.45, 2.75) is 11.8 Å². The lowest BCUT2D eigenvalue weighted by Crippen LogP contribution is -2.39. The summed E-state index contributed by atoms with van der Waals surface area (Å²) in [7, 11) is -1.22. The third-order valence-corrected chi connectivity index (χ3v) is 7.09. The number of carbonyl (C=O) groups excluding carboxylic acids is 1. The van der Waals surface area contributed by atoms with Crippen molar-refractivity contribution in [3.8, 4) is 11.5 Å². The van der Waals surface area contributed by atoms with Crippen LogP contribution in [0.1, 0.15) is 11.5 Å². The van der Waals surface area contributed by atoms with Gasteiger partial charge in [-0.25, -0.2) is 13.8 Å². The molecule has 3 aromatic rings. The van der Waals surface area contributed by atoms with Gasteiger partial charge in [0.2, 0.25) is 0 Å². The van der Waals surface area contributed by atoms with Crippen LogP contribution < -0.4 is 19.2 Å². The summed E-state index contributed by atoms with van der Waals surface area (Å²) in [4.78, 5) is 12.7. The highest BCUT2D eigenvalue weighted by Gasteiger charge is 2.29. The Bertz CT molecular complexity index is 1240. The Balaban J connectivity index is 1.91. The second-order valence-electron chi connectivity index (χ2n) is 6.71. The molecule has 0 saturated carbocycles. The fourth-order valence-corrected chi connectivity index (χ4v) is 4.65. The minimum Gasteiger partial charge on any atom is -0.497 e. The molecule has 1 amide bonds. The molecule has 174 valence electrons. The number of anilines is 1. The number of nitrogens with one attached hydrogen (secondary N) is 1. The number of amides is 1. The number of hydrazone groups is 1. The van der Waals surface area contributed by atoms with Gasteiger partial charge in [0.15, 0.2) is 0 Å². The van der Waals surface area contributed by atoms with Crippen LogP contribution in [0, 0.1) is 6.92 Å². The van der Waals surface area contributed by atoms with Gasteiger partial charge in [0.05, 0.1) is 35.5 Å². The topological polar surface area (TPSA) is 110 Å². The van der Waals surface area contributed by atoms with Crippen LogP contribution in [0.15, 0.2) is 73.5 Å².